The number of aliphatic carboxylic acids is 1. The zero-order chi connectivity index (χ0) is 15.5. The molecule has 0 bridgehead atoms. The van der Waals surface area contributed by atoms with Crippen LogP contribution < -0.4 is 5.32 Å². The van der Waals surface area contributed by atoms with E-state index in [4.69, 9.17) is 11.6 Å². The van der Waals surface area contributed by atoms with Gasteiger partial charge in [-0.3, -0.25) is 4.79 Å². The normalized spacial score (nSPS) is 22.8. The Labute approximate surface area is 133 Å². The minimum absolute atomic E-state index is 0.236. The Morgan fingerprint density at radius 1 is 1.48 bits per heavy atom. The minimum atomic E-state index is -1.11. The molecule has 114 valence electrons. The fourth-order valence-electron chi connectivity index (χ4n) is 2.33. The quantitative estimate of drug-likeness (QED) is 0.872. The zero-order valence-corrected chi connectivity index (χ0v) is 13.3. The maximum atomic E-state index is 12.3. The Morgan fingerprint density at radius 2 is 2.19 bits per heavy atom. The van der Waals surface area contributed by atoms with Gasteiger partial charge in [-0.2, -0.15) is 11.8 Å². The number of benzene rings is 1. The minimum Gasteiger partial charge on any atom is -0.479 e. The zero-order valence-electron chi connectivity index (χ0n) is 11.8. The number of carboxylic acid groups (broad SMARTS) is 1. The van der Waals surface area contributed by atoms with Gasteiger partial charge in [0.2, 0.25) is 5.91 Å². The van der Waals surface area contributed by atoms with Gasteiger partial charge in [0.25, 0.3) is 0 Å². The molecule has 2 unspecified atom stereocenters. The van der Waals surface area contributed by atoms with E-state index in [9.17, 15) is 14.7 Å². The first-order chi connectivity index (χ1) is 9.94. The van der Waals surface area contributed by atoms with Gasteiger partial charge in [0.15, 0.2) is 0 Å². The van der Waals surface area contributed by atoms with Crippen molar-refractivity contribution in [1.82, 2.24) is 5.32 Å². The van der Waals surface area contributed by atoms with Crippen molar-refractivity contribution in [3.05, 3.63) is 34.9 Å². The molecule has 0 radical (unpaired) electrons. The molecule has 1 fully saturated rings. The van der Waals surface area contributed by atoms with Crippen LogP contribution in [0.2, 0.25) is 5.02 Å². The topological polar surface area (TPSA) is 66.4 Å². The van der Waals surface area contributed by atoms with Gasteiger partial charge in [0.1, 0.15) is 5.54 Å². The van der Waals surface area contributed by atoms with E-state index in [1.807, 2.05) is 18.2 Å². The van der Waals surface area contributed by atoms with Crippen LogP contribution in [0.15, 0.2) is 24.3 Å². The molecule has 0 saturated carbocycles. The van der Waals surface area contributed by atoms with E-state index in [0.717, 1.165) is 11.3 Å². The molecule has 21 heavy (non-hydrogen) atoms. The number of amides is 1. The van der Waals surface area contributed by atoms with Crippen LogP contribution in [-0.2, 0) is 16.0 Å². The largest absolute Gasteiger partial charge is 0.479 e. The summed E-state index contributed by atoms with van der Waals surface area (Å²) >= 11 is 7.64. The summed E-state index contributed by atoms with van der Waals surface area (Å²) in [5, 5.41) is 12.7. The molecule has 1 aliphatic rings. The summed E-state index contributed by atoms with van der Waals surface area (Å²) < 4.78 is 0. The third kappa shape index (κ3) is 3.71. The number of hydrogen-bond donors (Lipinski definition) is 2. The van der Waals surface area contributed by atoms with Crippen LogP contribution in [0.4, 0.5) is 0 Å². The maximum absolute atomic E-state index is 12.3. The van der Waals surface area contributed by atoms with E-state index in [1.54, 1.807) is 24.8 Å². The fourth-order valence-corrected chi connectivity index (χ4v) is 3.87. The average Bonchev–Trinajstić information content (AvgIpc) is 2.91. The molecule has 0 aliphatic carbocycles. The van der Waals surface area contributed by atoms with Crippen molar-refractivity contribution in [2.75, 3.05) is 11.5 Å². The number of halogens is 1. The lowest BCUT2D eigenvalue weighted by molar-refractivity contribution is -0.147. The van der Waals surface area contributed by atoms with E-state index in [1.165, 1.54) is 0 Å². The average molecular weight is 328 g/mol. The molecular weight excluding hydrogens is 310 g/mol. The van der Waals surface area contributed by atoms with Crippen molar-refractivity contribution in [1.29, 1.82) is 0 Å². The Balaban J connectivity index is 2.03. The van der Waals surface area contributed by atoms with Crippen LogP contribution >= 0.6 is 23.4 Å². The van der Waals surface area contributed by atoms with Crippen molar-refractivity contribution in [3.63, 3.8) is 0 Å². The molecule has 0 aromatic heterocycles. The molecule has 2 rings (SSSR count). The Kier molecular flexibility index (Phi) is 5.17. The molecule has 2 atom stereocenters. The van der Waals surface area contributed by atoms with E-state index in [-0.39, 0.29) is 11.8 Å². The predicted octanol–water partition coefficient (Wildman–Crippen LogP) is 2.60. The number of thioether (sulfide) groups is 1. The molecule has 1 heterocycles. The summed E-state index contributed by atoms with van der Waals surface area (Å²) in [6.45, 7) is 1.79. The summed E-state index contributed by atoms with van der Waals surface area (Å²) in [5.41, 5.74) is -0.219. The maximum Gasteiger partial charge on any atom is 0.330 e. The smallest absolute Gasteiger partial charge is 0.330 e. The van der Waals surface area contributed by atoms with Crippen molar-refractivity contribution in [3.8, 4) is 0 Å². The van der Waals surface area contributed by atoms with Crippen LogP contribution in [0.3, 0.4) is 0 Å². The molecule has 1 aliphatic heterocycles. The van der Waals surface area contributed by atoms with Gasteiger partial charge in [-0.25, -0.2) is 4.79 Å². The first-order valence-electron chi connectivity index (χ1n) is 6.81. The first kappa shape index (κ1) is 16.2. The van der Waals surface area contributed by atoms with Crippen LogP contribution in [0.1, 0.15) is 18.9 Å². The summed E-state index contributed by atoms with van der Waals surface area (Å²) in [5.74, 6) is -0.337. The van der Waals surface area contributed by atoms with Crippen molar-refractivity contribution < 1.29 is 14.7 Å². The lowest BCUT2D eigenvalue weighted by Gasteiger charge is -2.26. The highest BCUT2D eigenvalue weighted by Crippen LogP contribution is 2.29. The number of hydrogen-bond acceptors (Lipinski definition) is 3. The van der Waals surface area contributed by atoms with Crippen LogP contribution in [-0.4, -0.2) is 34.0 Å². The van der Waals surface area contributed by atoms with E-state index in [0.29, 0.717) is 23.6 Å². The van der Waals surface area contributed by atoms with Gasteiger partial charge in [-0.1, -0.05) is 36.7 Å². The third-order valence-corrected chi connectivity index (χ3v) is 5.28. The highest BCUT2D eigenvalue weighted by Gasteiger charge is 2.43. The van der Waals surface area contributed by atoms with Crippen LogP contribution in [0, 0.1) is 5.92 Å². The Bertz CT molecular complexity index is 543. The highest BCUT2D eigenvalue weighted by atomic mass is 35.5. The van der Waals surface area contributed by atoms with Gasteiger partial charge in [-0.05, 0) is 30.2 Å². The lowest BCUT2D eigenvalue weighted by Crippen LogP contribution is -2.56. The number of carbonyl (C=O) groups is 2. The first-order valence-corrected chi connectivity index (χ1v) is 8.34. The summed E-state index contributed by atoms with van der Waals surface area (Å²) in [6, 6.07) is 7.38. The van der Waals surface area contributed by atoms with Crippen molar-refractivity contribution in [2.24, 2.45) is 5.92 Å². The second-order valence-electron chi connectivity index (χ2n) is 5.38. The SMILES string of the molecule is CC(Cc1ccccc1Cl)C(=O)NC1(C(=O)O)CCSC1. The lowest BCUT2D eigenvalue weighted by atomic mass is 9.95. The molecule has 6 heteroatoms. The number of carboxylic acids is 1. The van der Waals surface area contributed by atoms with E-state index >= 15 is 0 Å². The molecule has 1 aromatic carbocycles. The van der Waals surface area contributed by atoms with E-state index < -0.39 is 11.5 Å². The summed E-state index contributed by atoms with van der Waals surface area (Å²) in [4.78, 5) is 23.7. The molecule has 4 nitrogen and oxygen atoms in total. The molecule has 0 spiro atoms. The van der Waals surface area contributed by atoms with Crippen LogP contribution in [0.5, 0.6) is 0 Å². The van der Waals surface area contributed by atoms with Gasteiger partial charge in [-0.15, -0.1) is 0 Å². The molecular formula is C15H18ClNO3S. The molecule has 1 aromatic rings. The fraction of sp³-hybridized carbons (Fsp3) is 0.467. The van der Waals surface area contributed by atoms with E-state index in [2.05, 4.69) is 5.32 Å². The van der Waals surface area contributed by atoms with Crippen LogP contribution in [0.25, 0.3) is 0 Å². The predicted molar refractivity (Wildman–Crippen MR) is 84.8 cm³/mol. The second kappa shape index (κ2) is 6.71. The Hall–Kier alpha value is -1.20. The number of nitrogens with one attached hydrogen (secondary N) is 1. The number of carbonyl (C=O) groups excluding carboxylic acids is 1. The van der Waals surface area contributed by atoms with Gasteiger partial charge in [0, 0.05) is 16.7 Å². The number of rotatable bonds is 5. The van der Waals surface area contributed by atoms with Crippen molar-refractivity contribution >= 4 is 35.2 Å². The van der Waals surface area contributed by atoms with Crippen molar-refractivity contribution in [2.45, 2.75) is 25.3 Å². The monoisotopic (exact) mass is 327 g/mol. The third-order valence-electron chi connectivity index (χ3n) is 3.73. The Morgan fingerprint density at radius 3 is 2.76 bits per heavy atom. The standard InChI is InChI=1S/C15H18ClNO3S/c1-10(8-11-4-2-3-5-12(11)16)13(18)17-15(14(19)20)6-7-21-9-15/h2-5,10H,6-9H2,1H3,(H,17,18)(H,19,20). The highest BCUT2D eigenvalue weighted by molar-refractivity contribution is 7.99. The molecule has 1 saturated heterocycles. The van der Waals surface area contributed by atoms with Gasteiger partial charge >= 0.3 is 5.97 Å². The molecule has 1 amide bonds. The summed E-state index contributed by atoms with van der Waals surface area (Å²) in [7, 11) is 0. The summed E-state index contributed by atoms with van der Waals surface area (Å²) in [6.07, 6.45) is 0.964. The van der Waals surface area contributed by atoms with Gasteiger partial charge in [0.05, 0.1) is 0 Å². The second-order valence-corrected chi connectivity index (χ2v) is 6.89. The molecule has 2 N–H and O–H groups in total. The van der Waals surface area contributed by atoms with Gasteiger partial charge < -0.3 is 10.4 Å².